The van der Waals surface area contributed by atoms with Gasteiger partial charge >= 0.3 is 19.5 Å². The number of rotatable bonds is 6. The van der Waals surface area contributed by atoms with Crippen molar-refractivity contribution in [1.29, 1.82) is 0 Å². The van der Waals surface area contributed by atoms with Crippen molar-refractivity contribution < 1.29 is 19.5 Å². The van der Waals surface area contributed by atoms with Crippen LogP contribution in [0.4, 0.5) is 0 Å². The van der Waals surface area contributed by atoms with Gasteiger partial charge in [0.05, 0.1) is 0 Å². The smallest absolute Gasteiger partial charge is 0.328 e. The van der Waals surface area contributed by atoms with E-state index in [1.165, 1.54) is 77.0 Å². The molecule has 0 saturated heterocycles. The first-order chi connectivity index (χ1) is 14.8. The van der Waals surface area contributed by atoms with E-state index < -0.39 is 0 Å². The van der Waals surface area contributed by atoms with Crippen LogP contribution >= 0.6 is 0 Å². The van der Waals surface area contributed by atoms with Gasteiger partial charge in [0.1, 0.15) is 0 Å². The molecule has 4 fully saturated rings. The average Bonchev–Trinajstić information content (AvgIpc) is 2.82. The van der Waals surface area contributed by atoms with Gasteiger partial charge in [-0.25, -0.2) is 0 Å². The molecule has 176 valence electrons. The van der Waals surface area contributed by atoms with Gasteiger partial charge in [0.15, 0.2) is 0 Å². The second-order valence-corrected chi connectivity index (χ2v) is 11.5. The molecule has 31 heavy (non-hydrogen) atoms. The maximum Gasteiger partial charge on any atom is 2.00 e. The fourth-order valence-corrected chi connectivity index (χ4v) is 7.56. The van der Waals surface area contributed by atoms with Crippen molar-refractivity contribution in [1.82, 2.24) is 0 Å². The van der Waals surface area contributed by atoms with Gasteiger partial charge in [-0.05, 0) is 61.2 Å². The van der Waals surface area contributed by atoms with Gasteiger partial charge in [0.2, 0.25) is 0 Å². The summed E-state index contributed by atoms with van der Waals surface area (Å²) in [5, 5.41) is 0. The van der Waals surface area contributed by atoms with Crippen LogP contribution in [-0.4, -0.2) is 0 Å². The Morgan fingerprint density at radius 3 is 1.03 bits per heavy atom. The monoisotopic (exact) mass is 478 g/mol. The zero-order valence-electron chi connectivity index (χ0n) is 21.5. The molecule has 0 N–H and O–H groups in total. The minimum Gasteiger partial charge on any atom is -0.328 e. The van der Waals surface area contributed by atoms with Crippen LogP contribution in [0.1, 0.15) is 142 Å². The van der Waals surface area contributed by atoms with E-state index in [1.807, 2.05) is 0 Å². The third-order valence-corrected chi connectivity index (χ3v) is 9.48. The summed E-state index contributed by atoms with van der Waals surface area (Å²) in [4.78, 5) is 0. The number of hydrogen-bond donors (Lipinski definition) is 0. The van der Waals surface area contributed by atoms with E-state index in [0.29, 0.717) is 0 Å². The van der Waals surface area contributed by atoms with E-state index in [0.717, 1.165) is 35.5 Å². The normalized spacial score (nSPS) is 33.1. The molecule has 1 heteroatoms. The molecule has 0 atom stereocenters. The van der Waals surface area contributed by atoms with Gasteiger partial charge in [-0.2, -0.15) is 25.7 Å². The van der Waals surface area contributed by atoms with E-state index in [4.69, 9.17) is 0 Å². The Morgan fingerprint density at radius 1 is 0.452 bits per heavy atom. The van der Waals surface area contributed by atoms with Crippen LogP contribution in [-0.2, 0) is 19.5 Å². The first-order valence-electron chi connectivity index (χ1n) is 14.4. The minimum absolute atomic E-state index is 0. The standard InChI is InChI=1S/2C15H27.Zn/c2*1-2-6-13-9-11-15(12-10-13)14-7-4-3-5-8-14;/h2*3,13-15H,2,4-12H2,1H3;/q2*-1;+2. The van der Waals surface area contributed by atoms with Crippen molar-refractivity contribution in [3.05, 3.63) is 12.8 Å². The summed E-state index contributed by atoms with van der Waals surface area (Å²) in [6.45, 7) is 4.67. The van der Waals surface area contributed by atoms with Gasteiger partial charge in [-0.1, -0.05) is 90.9 Å². The van der Waals surface area contributed by atoms with Crippen LogP contribution in [0.2, 0.25) is 0 Å². The van der Waals surface area contributed by atoms with Gasteiger partial charge < -0.3 is 12.8 Å². The fourth-order valence-electron chi connectivity index (χ4n) is 7.56. The van der Waals surface area contributed by atoms with E-state index in [9.17, 15) is 0 Å². The third kappa shape index (κ3) is 9.79. The Kier molecular flexibility index (Phi) is 14.6. The maximum absolute atomic E-state index is 2.50. The predicted octanol–water partition coefficient (Wildman–Crippen LogP) is 9.97. The molecular formula is C30H54Zn. The summed E-state index contributed by atoms with van der Waals surface area (Å²) < 4.78 is 0. The summed E-state index contributed by atoms with van der Waals surface area (Å²) in [5.74, 6) is 6.57. The van der Waals surface area contributed by atoms with Crippen LogP contribution in [0, 0.1) is 48.3 Å². The molecule has 0 unspecified atom stereocenters. The Hall–Kier alpha value is 0.623. The third-order valence-electron chi connectivity index (χ3n) is 9.48. The Bertz CT molecular complexity index is 364. The summed E-state index contributed by atoms with van der Waals surface area (Å²) in [7, 11) is 0. The van der Waals surface area contributed by atoms with E-state index in [1.54, 1.807) is 51.4 Å². The van der Waals surface area contributed by atoms with Crippen molar-refractivity contribution in [3.63, 3.8) is 0 Å². The van der Waals surface area contributed by atoms with Crippen molar-refractivity contribution in [2.75, 3.05) is 0 Å². The Labute approximate surface area is 209 Å². The van der Waals surface area contributed by atoms with Crippen LogP contribution in [0.3, 0.4) is 0 Å². The van der Waals surface area contributed by atoms with E-state index in [2.05, 4.69) is 26.7 Å². The second-order valence-electron chi connectivity index (χ2n) is 11.5. The molecular weight excluding hydrogens is 426 g/mol. The first kappa shape index (κ1) is 27.9. The molecule has 0 spiro atoms. The van der Waals surface area contributed by atoms with E-state index >= 15 is 0 Å². The zero-order chi connectivity index (χ0) is 21.0. The zero-order valence-corrected chi connectivity index (χ0v) is 24.4. The molecule has 4 rings (SSSR count). The van der Waals surface area contributed by atoms with Crippen molar-refractivity contribution in [2.24, 2.45) is 35.5 Å². The topological polar surface area (TPSA) is 0 Å². The van der Waals surface area contributed by atoms with Crippen LogP contribution in [0.15, 0.2) is 0 Å². The SMILES string of the molecule is CCCC1CCC(C2CC[CH-]CC2)CC1.CCCC1CCC(C2CC[CH-]CC2)CC1.[Zn+2]. The predicted molar refractivity (Wildman–Crippen MR) is 133 cm³/mol. The van der Waals surface area contributed by atoms with Gasteiger partial charge in [0, 0.05) is 0 Å². The molecule has 0 bridgehead atoms. The molecule has 0 aromatic rings. The van der Waals surface area contributed by atoms with Crippen molar-refractivity contribution >= 4 is 0 Å². The molecule has 0 nitrogen and oxygen atoms in total. The summed E-state index contributed by atoms with van der Waals surface area (Å²) in [6.07, 6.45) is 34.8. The van der Waals surface area contributed by atoms with Crippen LogP contribution < -0.4 is 0 Å². The molecule has 4 saturated carbocycles. The van der Waals surface area contributed by atoms with Gasteiger partial charge in [0.25, 0.3) is 0 Å². The molecule has 0 amide bonds. The average molecular weight is 480 g/mol. The summed E-state index contributed by atoms with van der Waals surface area (Å²) in [6, 6.07) is 0. The number of hydrogen-bond acceptors (Lipinski definition) is 0. The fraction of sp³-hybridized carbons (Fsp3) is 0.933. The molecule has 0 heterocycles. The molecule has 4 aliphatic carbocycles. The molecule has 4 aliphatic rings. The van der Waals surface area contributed by atoms with Gasteiger partial charge in [-0.15, -0.1) is 0 Å². The first-order valence-corrected chi connectivity index (χ1v) is 14.4. The Balaban J connectivity index is 0.000000213. The van der Waals surface area contributed by atoms with Crippen molar-refractivity contribution in [3.8, 4) is 0 Å². The van der Waals surface area contributed by atoms with Gasteiger partial charge in [-0.3, -0.25) is 0 Å². The molecule has 0 radical (unpaired) electrons. The van der Waals surface area contributed by atoms with Crippen molar-refractivity contribution in [2.45, 2.75) is 142 Å². The second kappa shape index (κ2) is 16.3. The quantitative estimate of drug-likeness (QED) is 0.262. The van der Waals surface area contributed by atoms with E-state index in [-0.39, 0.29) is 19.5 Å². The largest absolute Gasteiger partial charge is 2.00 e. The molecule has 0 aliphatic heterocycles. The summed E-state index contributed by atoms with van der Waals surface area (Å²) >= 11 is 0. The maximum atomic E-state index is 2.50. The molecule has 0 aromatic carbocycles. The minimum atomic E-state index is 0. The van der Waals surface area contributed by atoms with Crippen LogP contribution in [0.25, 0.3) is 0 Å². The summed E-state index contributed by atoms with van der Waals surface area (Å²) in [5.41, 5.74) is 0. The van der Waals surface area contributed by atoms with Crippen LogP contribution in [0.5, 0.6) is 0 Å². The Morgan fingerprint density at radius 2 is 0.742 bits per heavy atom. The molecule has 0 aromatic heterocycles.